The van der Waals surface area contributed by atoms with Crippen molar-refractivity contribution >= 4 is 0 Å². The fraction of sp³-hybridized carbons (Fsp3) is 0.611. The van der Waals surface area contributed by atoms with E-state index in [0.717, 1.165) is 38.2 Å². The fourth-order valence-corrected chi connectivity index (χ4v) is 3.88. The number of aliphatic hydroxyl groups excluding tert-OH is 1. The van der Waals surface area contributed by atoms with Crippen molar-refractivity contribution in [2.75, 3.05) is 26.2 Å². The summed E-state index contributed by atoms with van der Waals surface area (Å²) in [6, 6.07) is 10.9. The Morgan fingerprint density at radius 1 is 1.18 bits per heavy atom. The number of fused-ring (bicyclic) bond motifs is 1. The topological polar surface area (TPSA) is 50.5 Å². The van der Waals surface area contributed by atoms with Gasteiger partial charge in [0, 0.05) is 32.2 Å². The van der Waals surface area contributed by atoms with Gasteiger partial charge in [-0.05, 0) is 23.5 Å². The lowest BCUT2D eigenvalue weighted by Crippen LogP contribution is -2.54. The van der Waals surface area contributed by atoms with E-state index < -0.39 is 0 Å². The minimum Gasteiger partial charge on any atom is -0.387 e. The molecule has 1 aromatic carbocycles. The predicted molar refractivity (Wildman–Crippen MR) is 86.3 cm³/mol. The van der Waals surface area contributed by atoms with E-state index in [2.05, 4.69) is 35.8 Å². The molecule has 0 saturated carbocycles. The Hall–Kier alpha value is -1.41. The molecule has 1 heterocycles. The van der Waals surface area contributed by atoms with Crippen molar-refractivity contribution in [2.24, 2.45) is 5.92 Å². The third-order valence-corrected chi connectivity index (χ3v) is 5.14. The van der Waals surface area contributed by atoms with Crippen molar-refractivity contribution in [3.63, 3.8) is 0 Å². The molecule has 1 N–H and O–H groups in total. The molecule has 2 aliphatic rings. The van der Waals surface area contributed by atoms with Gasteiger partial charge in [-0.25, -0.2) is 0 Å². The van der Waals surface area contributed by atoms with E-state index in [1.54, 1.807) is 0 Å². The van der Waals surface area contributed by atoms with E-state index >= 15 is 0 Å². The van der Waals surface area contributed by atoms with E-state index in [0.29, 0.717) is 5.92 Å². The van der Waals surface area contributed by atoms with Crippen molar-refractivity contribution in [2.45, 2.75) is 38.5 Å². The van der Waals surface area contributed by atoms with Gasteiger partial charge in [-0.1, -0.05) is 38.1 Å². The largest absolute Gasteiger partial charge is 0.387 e. The van der Waals surface area contributed by atoms with Gasteiger partial charge in [0.25, 0.3) is 0 Å². The molecule has 0 radical (unpaired) electrons. The number of aliphatic hydroxyl groups is 1. The van der Waals surface area contributed by atoms with E-state index in [-0.39, 0.29) is 18.2 Å². The number of piperazine rings is 1. The molecule has 3 atom stereocenters. The van der Waals surface area contributed by atoms with Crippen LogP contribution in [0, 0.1) is 17.2 Å². The maximum Gasteiger partial charge on any atom is 0.100 e. The first-order chi connectivity index (χ1) is 10.6. The monoisotopic (exact) mass is 299 g/mol. The minimum atomic E-state index is -0.375. The van der Waals surface area contributed by atoms with Crippen LogP contribution in [0.3, 0.4) is 0 Å². The van der Waals surface area contributed by atoms with Crippen molar-refractivity contribution in [3.05, 3.63) is 35.4 Å². The number of nitriles is 1. The second-order valence-electron chi connectivity index (χ2n) is 6.81. The highest BCUT2D eigenvalue weighted by Gasteiger charge is 2.37. The Labute approximate surface area is 133 Å². The van der Waals surface area contributed by atoms with Crippen molar-refractivity contribution in [3.8, 4) is 6.07 Å². The standard InChI is InChI=1S/C18H25N3O/c1-13(2)17(12-19)21-9-7-20(8-10-21)16-11-14-5-3-4-6-15(14)18(16)22/h3-6,13,16-18,22H,7-11H2,1-2H3/t16-,17+,18-/m0/s1. The molecule has 3 rings (SSSR count). The van der Waals surface area contributed by atoms with Crippen LogP contribution in [0.5, 0.6) is 0 Å². The molecule has 1 aliphatic heterocycles. The Balaban J connectivity index is 1.63. The summed E-state index contributed by atoms with van der Waals surface area (Å²) in [4.78, 5) is 4.69. The predicted octanol–water partition coefficient (Wildman–Crippen LogP) is 1.81. The van der Waals surface area contributed by atoms with Crippen LogP contribution in [-0.4, -0.2) is 53.2 Å². The summed E-state index contributed by atoms with van der Waals surface area (Å²) >= 11 is 0. The summed E-state index contributed by atoms with van der Waals surface area (Å²) in [7, 11) is 0. The van der Waals surface area contributed by atoms with Crippen LogP contribution in [0.25, 0.3) is 0 Å². The minimum absolute atomic E-state index is 0.00727. The molecule has 22 heavy (non-hydrogen) atoms. The van der Waals surface area contributed by atoms with Gasteiger partial charge in [-0.15, -0.1) is 0 Å². The molecular formula is C18H25N3O. The van der Waals surface area contributed by atoms with Gasteiger partial charge in [0.1, 0.15) is 6.04 Å². The average Bonchev–Trinajstić information content (AvgIpc) is 2.86. The zero-order chi connectivity index (χ0) is 15.7. The summed E-state index contributed by atoms with van der Waals surface area (Å²) in [5, 5.41) is 19.9. The van der Waals surface area contributed by atoms with Gasteiger partial charge in [0.05, 0.1) is 12.2 Å². The maximum atomic E-state index is 10.6. The molecule has 0 aromatic heterocycles. The SMILES string of the molecule is CC(C)[C@@H](C#N)N1CCN([C@H]2Cc3ccccc3[C@@H]2O)CC1. The van der Waals surface area contributed by atoms with Gasteiger partial charge in [0.2, 0.25) is 0 Å². The van der Waals surface area contributed by atoms with Crippen LogP contribution in [0.15, 0.2) is 24.3 Å². The lowest BCUT2D eigenvalue weighted by molar-refractivity contribution is 0.0179. The molecule has 118 valence electrons. The lowest BCUT2D eigenvalue weighted by atomic mass is 10.0. The highest BCUT2D eigenvalue weighted by atomic mass is 16.3. The van der Waals surface area contributed by atoms with Gasteiger partial charge in [-0.2, -0.15) is 5.26 Å². The summed E-state index contributed by atoms with van der Waals surface area (Å²) in [6.07, 6.45) is 0.558. The molecule has 1 aliphatic carbocycles. The number of hydrogen-bond donors (Lipinski definition) is 1. The summed E-state index contributed by atoms with van der Waals surface area (Å²) in [5.74, 6) is 0.359. The van der Waals surface area contributed by atoms with Crippen LogP contribution >= 0.6 is 0 Å². The van der Waals surface area contributed by atoms with Crippen LogP contribution in [0.4, 0.5) is 0 Å². The molecule has 1 fully saturated rings. The zero-order valence-corrected chi connectivity index (χ0v) is 13.4. The molecule has 4 heteroatoms. The quantitative estimate of drug-likeness (QED) is 0.925. The third kappa shape index (κ3) is 2.77. The highest BCUT2D eigenvalue weighted by molar-refractivity contribution is 5.36. The third-order valence-electron chi connectivity index (χ3n) is 5.14. The number of rotatable bonds is 3. The van der Waals surface area contributed by atoms with Crippen LogP contribution in [0.1, 0.15) is 31.1 Å². The van der Waals surface area contributed by atoms with Gasteiger partial charge >= 0.3 is 0 Å². The van der Waals surface area contributed by atoms with Gasteiger partial charge in [0.15, 0.2) is 0 Å². The molecule has 0 unspecified atom stereocenters. The Morgan fingerprint density at radius 2 is 1.86 bits per heavy atom. The molecule has 1 saturated heterocycles. The first-order valence-electron chi connectivity index (χ1n) is 8.25. The molecule has 0 bridgehead atoms. The molecular weight excluding hydrogens is 274 g/mol. The first kappa shape index (κ1) is 15.5. The van der Waals surface area contributed by atoms with Crippen molar-refractivity contribution in [1.82, 2.24) is 9.80 Å². The highest BCUT2D eigenvalue weighted by Crippen LogP contribution is 2.34. The normalized spacial score (nSPS) is 27.6. The Morgan fingerprint density at radius 3 is 2.45 bits per heavy atom. The molecule has 0 spiro atoms. The zero-order valence-electron chi connectivity index (χ0n) is 13.4. The second-order valence-corrected chi connectivity index (χ2v) is 6.81. The van der Waals surface area contributed by atoms with Crippen molar-refractivity contribution < 1.29 is 5.11 Å². The summed E-state index contributed by atoms with van der Waals surface area (Å²) in [6.45, 7) is 7.91. The number of hydrogen-bond acceptors (Lipinski definition) is 4. The average molecular weight is 299 g/mol. The summed E-state index contributed by atoms with van der Waals surface area (Å²) in [5.41, 5.74) is 2.37. The Kier molecular flexibility index (Phi) is 4.49. The Bertz CT molecular complexity index is 558. The fourth-order valence-electron chi connectivity index (χ4n) is 3.88. The van der Waals surface area contributed by atoms with Crippen molar-refractivity contribution in [1.29, 1.82) is 5.26 Å². The maximum absolute atomic E-state index is 10.6. The molecule has 0 amide bonds. The number of benzene rings is 1. The summed E-state index contributed by atoms with van der Waals surface area (Å²) < 4.78 is 0. The number of nitrogens with zero attached hydrogens (tertiary/aromatic N) is 3. The smallest absolute Gasteiger partial charge is 0.100 e. The van der Waals surface area contributed by atoms with Gasteiger partial charge < -0.3 is 5.11 Å². The van der Waals surface area contributed by atoms with Crippen LogP contribution in [0.2, 0.25) is 0 Å². The van der Waals surface area contributed by atoms with E-state index in [1.807, 2.05) is 18.2 Å². The molecule has 1 aromatic rings. The van der Waals surface area contributed by atoms with Crippen LogP contribution < -0.4 is 0 Å². The lowest BCUT2D eigenvalue weighted by Gasteiger charge is -2.41. The molecule has 4 nitrogen and oxygen atoms in total. The second kappa shape index (κ2) is 6.37. The van der Waals surface area contributed by atoms with E-state index in [1.165, 1.54) is 5.56 Å². The van der Waals surface area contributed by atoms with Gasteiger partial charge in [-0.3, -0.25) is 9.80 Å². The van der Waals surface area contributed by atoms with E-state index in [9.17, 15) is 10.4 Å². The first-order valence-corrected chi connectivity index (χ1v) is 8.25. The van der Waals surface area contributed by atoms with E-state index in [4.69, 9.17) is 0 Å². The van der Waals surface area contributed by atoms with Crippen LogP contribution in [-0.2, 0) is 6.42 Å².